The van der Waals surface area contributed by atoms with Crippen LogP contribution in [0.3, 0.4) is 0 Å². The summed E-state index contributed by atoms with van der Waals surface area (Å²) in [6.07, 6.45) is 4.39. The Bertz CT molecular complexity index is 309. The van der Waals surface area contributed by atoms with E-state index in [9.17, 15) is 0 Å². The number of benzene rings is 1. The van der Waals surface area contributed by atoms with Gasteiger partial charge in [-0.3, -0.25) is 0 Å². The van der Waals surface area contributed by atoms with E-state index in [1.54, 1.807) is 7.11 Å². The standard InChI is InChI=1S/C13H18O/c1-11(2)7-6-9-12-8-4-5-10-13(12)14-3/h4-5,7-8,10H,6,9H2,1-3H3. The molecule has 0 atom stereocenters. The zero-order valence-electron chi connectivity index (χ0n) is 9.21. The molecule has 14 heavy (non-hydrogen) atoms. The van der Waals surface area contributed by atoms with Crippen LogP contribution in [0.15, 0.2) is 35.9 Å². The molecule has 1 heteroatoms. The van der Waals surface area contributed by atoms with Crippen molar-refractivity contribution in [3.05, 3.63) is 41.5 Å². The van der Waals surface area contributed by atoms with Gasteiger partial charge in [0.1, 0.15) is 5.75 Å². The SMILES string of the molecule is COc1ccccc1CCC=C(C)C. The molecule has 0 aromatic heterocycles. The van der Waals surface area contributed by atoms with Gasteiger partial charge >= 0.3 is 0 Å². The van der Waals surface area contributed by atoms with Crippen molar-refractivity contribution >= 4 is 0 Å². The first-order chi connectivity index (χ1) is 6.74. The van der Waals surface area contributed by atoms with Gasteiger partial charge in [-0.15, -0.1) is 0 Å². The molecule has 1 aromatic carbocycles. The maximum Gasteiger partial charge on any atom is 0.122 e. The third-order valence-electron chi connectivity index (χ3n) is 2.16. The van der Waals surface area contributed by atoms with Gasteiger partial charge in [-0.05, 0) is 38.3 Å². The lowest BCUT2D eigenvalue weighted by atomic mass is 10.1. The molecule has 1 rings (SSSR count). The monoisotopic (exact) mass is 190 g/mol. The van der Waals surface area contributed by atoms with Crippen LogP contribution in [0.2, 0.25) is 0 Å². The minimum Gasteiger partial charge on any atom is -0.496 e. The average Bonchev–Trinajstić information content (AvgIpc) is 2.18. The van der Waals surface area contributed by atoms with E-state index in [4.69, 9.17) is 4.74 Å². The zero-order valence-corrected chi connectivity index (χ0v) is 9.21. The lowest BCUT2D eigenvalue weighted by molar-refractivity contribution is 0.409. The van der Waals surface area contributed by atoms with Crippen LogP contribution < -0.4 is 4.74 Å². The van der Waals surface area contributed by atoms with Crippen LogP contribution in [0, 0.1) is 0 Å². The number of hydrogen-bond acceptors (Lipinski definition) is 1. The Morgan fingerprint density at radius 3 is 2.64 bits per heavy atom. The molecule has 0 N–H and O–H groups in total. The van der Waals surface area contributed by atoms with Crippen LogP contribution in [0.4, 0.5) is 0 Å². The van der Waals surface area contributed by atoms with Crippen molar-refractivity contribution in [2.75, 3.05) is 7.11 Å². The Labute approximate surface area is 86.4 Å². The lowest BCUT2D eigenvalue weighted by Gasteiger charge is -2.06. The van der Waals surface area contributed by atoms with E-state index in [1.807, 2.05) is 12.1 Å². The maximum atomic E-state index is 5.28. The van der Waals surface area contributed by atoms with Crippen molar-refractivity contribution in [2.45, 2.75) is 26.7 Å². The van der Waals surface area contributed by atoms with Gasteiger partial charge in [0.25, 0.3) is 0 Å². The molecule has 0 unspecified atom stereocenters. The number of aryl methyl sites for hydroxylation is 1. The van der Waals surface area contributed by atoms with Gasteiger partial charge in [0.2, 0.25) is 0 Å². The van der Waals surface area contributed by atoms with Crippen molar-refractivity contribution in [1.29, 1.82) is 0 Å². The summed E-state index contributed by atoms with van der Waals surface area (Å²) < 4.78 is 5.28. The Morgan fingerprint density at radius 1 is 1.29 bits per heavy atom. The Morgan fingerprint density at radius 2 is 2.00 bits per heavy atom. The summed E-state index contributed by atoms with van der Waals surface area (Å²) in [5, 5.41) is 0. The number of allylic oxidation sites excluding steroid dienone is 2. The second-order valence-electron chi connectivity index (χ2n) is 3.63. The molecular weight excluding hydrogens is 172 g/mol. The molecule has 1 aromatic rings. The van der Waals surface area contributed by atoms with Crippen molar-refractivity contribution in [1.82, 2.24) is 0 Å². The topological polar surface area (TPSA) is 9.23 Å². The second-order valence-corrected chi connectivity index (χ2v) is 3.63. The van der Waals surface area contributed by atoms with Crippen LogP contribution in [0.1, 0.15) is 25.8 Å². The van der Waals surface area contributed by atoms with Crippen LogP contribution in [-0.4, -0.2) is 7.11 Å². The Kier molecular flexibility index (Phi) is 4.24. The first-order valence-corrected chi connectivity index (χ1v) is 4.99. The van der Waals surface area contributed by atoms with Crippen molar-refractivity contribution in [3.8, 4) is 5.75 Å². The predicted molar refractivity (Wildman–Crippen MR) is 60.7 cm³/mol. The molecule has 0 heterocycles. The van der Waals surface area contributed by atoms with Crippen molar-refractivity contribution < 1.29 is 4.74 Å². The van der Waals surface area contributed by atoms with Crippen LogP contribution >= 0.6 is 0 Å². The molecule has 0 bridgehead atoms. The van der Waals surface area contributed by atoms with E-state index in [0.717, 1.165) is 18.6 Å². The third kappa shape index (κ3) is 3.25. The number of hydrogen-bond donors (Lipinski definition) is 0. The summed E-state index contributed by atoms with van der Waals surface area (Å²) >= 11 is 0. The van der Waals surface area contributed by atoms with Crippen LogP contribution in [-0.2, 0) is 6.42 Å². The molecule has 0 spiro atoms. The van der Waals surface area contributed by atoms with E-state index in [1.165, 1.54) is 11.1 Å². The smallest absolute Gasteiger partial charge is 0.122 e. The van der Waals surface area contributed by atoms with Gasteiger partial charge < -0.3 is 4.74 Å². The molecule has 0 amide bonds. The number of rotatable bonds is 4. The Balaban J connectivity index is 2.62. The molecule has 0 fully saturated rings. The molecule has 0 aliphatic rings. The molecule has 76 valence electrons. The minimum atomic E-state index is 0.995. The molecule has 0 aliphatic heterocycles. The van der Waals surface area contributed by atoms with Gasteiger partial charge in [0.05, 0.1) is 7.11 Å². The number of ether oxygens (including phenoxy) is 1. The normalized spacial score (nSPS) is 9.64. The third-order valence-corrected chi connectivity index (χ3v) is 2.16. The van der Waals surface area contributed by atoms with E-state index in [2.05, 4.69) is 32.1 Å². The minimum absolute atomic E-state index is 0.995. The van der Waals surface area contributed by atoms with Gasteiger partial charge in [-0.25, -0.2) is 0 Å². The molecule has 0 saturated carbocycles. The van der Waals surface area contributed by atoms with E-state index in [-0.39, 0.29) is 0 Å². The summed E-state index contributed by atoms with van der Waals surface area (Å²) in [5.74, 6) is 0.995. The first-order valence-electron chi connectivity index (χ1n) is 4.99. The highest BCUT2D eigenvalue weighted by atomic mass is 16.5. The van der Waals surface area contributed by atoms with E-state index >= 15 is 0 Å². The Hall–Kier alpha value is -1.24. The fourth-order valence-corrected chi connectivity index (χ4v) is 1.43. The highest BCUT2D eigenvalue weighted by Gasteiger charge is 1.99. The van der Waals surface area contributed by atoms with Gasteiger partial charge in [-0.2, -0.15) is 0 Å². The van der Waals surface area contributed by atoms with Crippen molar-refractivity contribution in [2.24, 2.45) is 0 Å². The number of para-hydroxylation sites is 1. The predicted octanol–water partition coefficient (Wildman–Crippen LogP) is 3.59. The average molecular weight is 190 g/mol. The molecule has 0 radical (unpaired) electrons. The fraction of sp³-hybridized carbons (Fsp3) is 0.385. The van der Waals surface area contributed by atoms with E-state index < -0.39 is 0 Å². The van der Waals surface area contributed by atoms with Crippen LogP contribution in [0.5, 0.6) is 5.75 Å². The summed E-state index contributed by atoms with van der Waals surface area (Å²) in [4.78, 5) is 0. The highest BCUT2D eigenvalue weighted by molar-refractivity contribution is 5.33. The lowest BCUT2D eigenvalue weighted by Crippen LogP contribution is -1.90. The van der Waals surface area contributed by atoms with E-state index in [0.29, 0.717) is 0 Å². The number of methoxy groups -OCH3 is 1. The fourth-order valence-electron chi connectivity index (χ4n) is 1.43. The largest absolute Gasteiger partial charge is 0.496 e. The van der Waals surface area contributed by atoms with Gasteiger partial charge in [0, 0.05) is 0 Å². The second kappa shape index (κ2) is 5.48. The molecule has 0 saturated heterocycles. The van der Waals surface area contributed by atoms with Crippen molar-refractivity contribution in [3.63, 3.8) is 0 Å². The summed E-state index contributed by atoms with van der Waals surface area (Å²) in [6, 6.07) is 8.19. The summed E-state index contributed by atoms with van der Waals surface area (Å²) in [5.41, 5.74) is 2.66. The maximum absolute atomic E-state index is 5.28. The molecule has 1 nitrogen and oxygen atoms in total. The molecule has 0 aliphatic carbocycles. The summed E-state index contributed by atoms with van der Waals surface area (Å²) in [6.45, 7) is 4.25. The molecular formula is C13H18O. The van der Waals surface area contributed by atoms with Gasteiger partial charge in [-0.1, -0.05) is 29.8 Å². The summed E-state index contributed by atoms with van der Waals surface area (Å²) in [7, 11) is 1.72. The highest BCUT2D eigenvalue weighted by Crippen LogP contribution is 2.19. The van der Waals surface area contributed by atoms with Gasteiger partial charge in [0.15, 0.2) is 0 Å². The quantitative estimate of drug-likeness (QED) is 0.659. The van der Waals surface area contributed by atoms with Crippen LogP contribution in [0.25, 0.3) is 0 Å². The zero-order chi connectivity index (χ0) is 10.4. The first kappa shape index (κ1) is 10.8.